The van der Waals surface area contributed by atoms with Crippen LogP contribution in [0.2, 0.25) is 0 Å². The molecular weight excluding hydrogens is 331 g/mol. The minimum atomic E-state index is -3.21. The second kappa shape index (κ2) is 8.07. The van der Waals surface area contributed by atoms with Gasteiger partial charge in [-0.1, -0.05) is 19.1 Å². The van der Waals surface area contributed by atoms with E-state index in [1.807, 2.05) is 13.0 Å². The number of hydrogen-bond donors (Lipinski definition) is 1. The second-order valence-electron chi connectivity index (χ2n) is 6.36. The lowest BCUT2D eigenvalue weighted by Gasteiger charge is -2.33. The average molecular weight is 356 g/mol. The lowest BCUT2D eigenvalue weighted by Crippen LogP contribution is -2.48. The van der Waals surface area contributed by atoms with Crippen molar-refractivity contribution in [3.63, 3.8) is 0 Å². The largest absolute Gasteiger partial charge is 0.342 e. The Hall–Kier alpha value is -1.47. The van der Waals surface area contributed by atoms with Gasteiger partial charge in [-0.2, -0.15) is 0 Å². The zero-order valence-electron chi connectivity index (χ0n) is 14.2. The van der Waals surface area contributed by atoms with Crippen LogP contribution in [0.15, 0.2) is 24.3 Å². The Labute approximate surface area is 143 Å². The summed E-state index contributed by atoms with van der Waals surface area (Å²) in [5, 5.41) is 0. The van der Waals surface area contributed by atoms with E-state index in [2.05, 4.69) is 4.72 Å². The van der Waals surface area contributed by atoms with Gasteiger partial charge in [0.15, 0.2) is 0 Å². The molecule has 7 heteroatoms. The number of benzene rings is 1. The number of amides is 1. The standard InChI is InChI=1S/C17H25FN2O3S/c1-3-24(22,23)19-16-7-9-20(10-8-16)17(21)13(2)11-14-5-4-6-15(18)12-14/h4-6,12-13,16,19H,3,7-11H2,1-2H3. The molecule has 1 aromatic carbocycles. The molecule has 2 rings (SSSR count). The second-order valence-corrected chi connectivity index (χ2v) is 8.40. The summed E-state index contributed by atoms with van der Waals surface area (Å²) in [5.41, 5.74) is 0.807. The first-order valence-corrected chi connectivity index (χ1v) is 9.99. The van der Waals surface area contributed by atoms with Crippen molar-refractivity contribution in [2.75, 3.05) is 18.8 Å². The summed E-state index contributed by atoms with van der Waals surface area (Å²) in [5.74, 6) is -0.417. The van der Waals surface area contributed by atoms with E-state index in [9.17, 15) is 17.6 Å². The summed E-state index contributed by atoms with van der Waals surface area (Å²) in [7, 11) is -3.21. The van der Waals surface area contributed by atoms with Crippen LogP contribution in [0.1, 0.15) is 32.3 Å². The van der Waals surface area contributed by atoms with Crippen molar-refractivity contribution >= 4 is 15.9 Å². The number of halogens is 1. The third-order valence-corrected chi connectivity index (χ3v) is 5.84. The molecule has 0 aromatic heterocycles. The maximum absolute atomic E-state index is 13.2. The molecule has 0 bridgehead atoms. The number of rotatable bonds is 6. The van der Waals surface area contributed by atoms with E-state index >= 15 is 0 Å². The minimum Gasteiger partial charge on any atom is -0.342 e. The molecule has 1 amide bonds. The van der Waals surface area contributed by atoms with Crippen molar-refractivity contribution in [2.24, 2.45) is 5.92 Å². The molecular formula is C17H25FN2O3S. The summed E-state index contributed by atoms with van der Waals surface area (Å²) in [6.07, 6.45) is 1.74. The van der Waals surface area contributed by atoms with E-state index in [0.717, 1.165) is 5.56 Å². The monoisotopic (exact) mass is 356 g/mol. The third-order valence-electron chi connectivity index (χ3n) is 4.39. The summed E-state index contributed by atoms with van der Waals surface area (Å²) in [6, 6.07) is 6.21. The fraction of sp³-hybridized carbons (Fsp3) is 0.588. The highest BCUT2D eigenvalue weighted by Gasteiger charge is 2.27. The van der Waals surface area contributed by atoms with E-state index in [4.69, 9.17) is 0 Å². The van der Waals surface area contributed by atoms with Crippen molar-refractivity contribution in [1.82, 2.24) is 9.62 Å². The lowest BCUT2D eigenvalue weighted by atomic mass is 9.98. The molecule has 5 nitrogen and oxygen atoms in total. The Balaban J connectivity index is 1.86. The van der Waals surface area contributed by atoms with Gasteiger partial charge in [-0.05, 0) is 43.9 Å². The zero-order valence-corrected chi connectivity index (χ0v) is 15.0. The van der Waals surface area contributed by atoms with E-state index in [0.29, 0.717) is 32.4 Å². The van der Waals surface area contributed by atoms with Crippen LogP contribution in [0.25, 0.3) is 0 Å². The maximum Gasteiger partial charge on any atom is 0.225 e. The molecule has 1 aliphatic rings. The summed E-state index contributed by atoms with van der Waals surface area (Å²) >= 11 is 0. The van der Waals surface area contributed by atoms with Crippen molar-refractivity contribution in [2.45, 2.75) is 39.2 Å². The van der Waals surface area contributed by atoms with Crippen molar-refractivity contribution < 1.29 is 17.6 Å². The Morgan fingerprint density at radius 2 is 2.04 bits per heavy atom. The maximum atomic E-state index is 13.2. The molecule has 0 saturated carbocycles. The van der Waals surface area contributed by atoms with Gasteiger partial charge >= 0.3 is 0 Å². The van der Waals surface area contributed by atoms with Crippen LogP contribution in [-0.2, 0) is 21.2 Å². The van der Waals surface area contributed by atoms with Crippen LogP contribution in [0.4, 0.5) is 4.39 Å². The molecule has 24 heavy (non-hydrogen) atoms. The van der Waals surface area contributed by atoms with Gasteiger partial charge in [0.05, 0.1) is 5.75 Å². The van der Waals surface area contributed by atoms with Crippen molar-refractivity contribution in [3.05, 3.63) is 35.6 Å². The fourth-order valence-corrected chi connectivity index (χ4v) is 3.88. The van der Waals surface area contributed by atoms with Crippen molar-refractivity contribution in [3.8, 4) is 0 Å². The first-order chi connectivity index (χ1) is 11.3. The van der Waals surface area contributed by atoms with Gasteiger partial charge in [0.1, 0.15) is 5.82 Å². The van der Waals surface area contributed by atoms with Crippen molar-refractivity contribution in [1.29, 1.82) is 0 Å². The minimum absolute atomic E-state index is 0.0380. The van der Waals surface area contributed by atoms with Gasteiger partial charge in [0.2, 0.25) is 15.9 Å². The van der Waals surface area contributed by atoms with Crippen LogP contribution in [0.5, 0.6) is 0 Å². The predicted octanol–water partition coefficient (Wildman–Crippen LogP) is 1.93. The third kappa shape index (κ3) is 5.27. The smallest absolute Gasteiger partial charge is 0.225 e. The molecule has 1 N–H and O–H groups in total. The van der Waals surface area contributed by atoms with E-state index < -0.39 is 10.0 Å². The fourth-order valence-electron chi connectivity index (χ4n) is 2.97. The van der Waals surface area contributed by atoms with E-state index in [-0.39, 0.29) is 29.4 Å². The Morgan fingerprint density at radius 3 is 2.62 bits per heavy atom. The normalized spacial score (nSPS) is 17.7. The number of nitrogens with one attached hydrogen (secondary N) is 1. The highest BCUT2D eigenvalue weighted by atomic mass is 32.2. The SMILES string of the molecule is CCS(=O)(=O)NC1CCN(C(=O)C(C)Cc2cccc(F)c2)CC1. The molecule has 1 atom stereocenters. The molecule has 1 fully saturated rings. The Kier molecular flexibility index (Phi) is 6.34. The van der Waals surface area contributed by atoms with Gasteiger partial charge in [0, 0.05) is 25.0 Å². The highest BCUT2D eigenvalue weighted by Crippen LogP contribution is 2.17. The molecule has 1 saturated heterocycles. The number of hydrogen-bond acceptors (Lipinski definition) is 3. The van der Waals surface area contributed by atoms with E-state index in [1.54, 1.807) is 17.9 Å². The van der Waals surface area contributed by atoms with E-state index in [1.165, 1.54) is 12.1 Å². The van der Waals surface area contributed by atoms with Gasteiger partial charge in [0.25, 0.3) is 0 Å². The molecule has 1 unspecified atom stereocenters. The zero-order chi connectivity index (χ0) is 17.7. The molecule has 1 aromatic rings. The summed E-state index contributed by atoms with van der Waals surface area (Å²) < 4.78 is 39.1. The van der Waals surface area contributed by atoms with Crippen LogP contribution < -0.4 is 4.72 Å². The highest BCUT2D eigenvalue weighted by molar-refractivity contribution is 7.89. The quantitative estimate of drug-likeness (QED) is 0.847. The number of carbonyl (C=O) groups excluding carboxylic acids is 1. The lowest BCUT2D eigenvalue weighted by molar-refractivity contribution is -0.136. The number of piperidine rings is 1. The van der Waals surface area contributed by atoms with Gasteiger partial charge < -0.3 is 4.90 Å². The molecule has 0 spiro atoms. The van der Waals surface area contributed by atoms with Gasteiger partial charge in [-0.3, -0.25) is 4.79 Å². The summed E-state index contributed by atoms with van der Waals surface area (Å²) in [4.78, 5) is 14.3. The molecule has 134 valence electrons. The van der Waals surface area contributed by atoms with Gasteiger partial charge in [-0.15, -0.1) is 0 Å². The first-order valence-electron chi connectivity index (χ1n) is 8.34. The first kappa shape index (κ1) is 18.9. The topological polar surface area (TPSA) is 66.5 Å². The average Bonchev–Trinajstić information content (AvgIpc) is 2.54. The molecule has 0 aliphatic carbocycles. The molecule has 1 heterocycles. The van der Waals surface area contributed by atoms with Crippen LogP contribution in [0.3, 0.4) is 0 Å². The molecule has 1 aliphatic heterocycles. The number of nitrogens with zero attached hydrogens (tertiary/aromatic N) is 1. The molecule has 0 radical (unpaired) electrons. The predicted molar refractivity (Wildman–Crippen MR) is 91.5 cm³/mol. The van der Waals surface area contributed by atoms with Crippen LogP contribution in [-0.4, -0.2) is 44.1 Å². The van der Waals surface area contributed by atoms with Gasteiger partial charge in [-0.25, -0.2) is 17.5 Å². The van der Waals surface area contributed by atoms with Crippen LogP contribution in [0, 0.1) is 11.7 Å². The number of carbonyl (C=O) groups is 1. The Morgan fingerprint density at radius 1 is 1.38 bits per heavy atom. The summed E-state index contributed by atoms with van der Waals surface area (Å²) in [6.45, 7) is 4.54. The number of sulfonamides is 1. The number of likely N-dealkylation sites (tertiary alicyclic amines) is 1. The Bertz CT molecular complexity index is 670. The van der Waals surface area contributed by atoms with Crippen LogP contribution >= 0.6 is 0 Å².